The molecule has 0 radical (unpaired) electrons. The Morgan fingerprint density at radius 3 is 2.84 bits per heavy atom. The van der Waals surface area contributed by atoms with Gasteiger partial charge in [0.15, 0.2) is 0 Å². The Kier molecular flexibility index (Phi) is 5.14. The van der Waals surface area contributed by atoms with Crippen LogP contribution in [0.5, 0.6) is 0 Å². The van der Waals surface area contributed by atoms with Crippen molar-refractivity contribution in [3.8, 4) is 0 Å². The second-order valence-electron chi connectivity index (χ2n) is 9.48. The van der Waals surface area contributed by atoms with Crippen molar-refractivity contribution >= 4 is 23.6 Å². The number of piperidine rings is 2. The summed E-state index contributed by atoms with van der Waals surface area (Å²) in [4.78, 5) is 50.9. The number of hydrogen-bond acceptors (Lipinski definition) is 6. The van der Waals surface area contributed by atoms with Gasteiger partial charge in [-0.15, -0.1) is 0 Å². The molecule has 8 heteroatoms. The van der Waals surface area contributed by atoms with E-state index in [0.29, 0.717) is 17.7 Å². The van der Waals surface area contributed by atoms with E-state index in [4.69, 9.17) is 0 Å². The largest absolute Gasteiger partial charge is 0.316 e. The van der Waals surface area contributed by atoms with E-state index >= 15 is 0 Å². The van der Waals surface area contributed by atoms with Gasteiger partial charge >= 0.3 is 0 Å². The maximum Gasteiger partial charge on any atom is 0.262 e. The molecule has 164 valence electrons. The Hall–Kier alpha value is -2.58. The Balaban J connectivity index is 1.31. The zero-order valence-corrected chi connectivity index (χ0v) is 17.5. The quantitative estimate of drug-likeness (QED) is 0.608. The van der Waals surface area contributed by atoms with Gasteiger partial charge in [-0.3, -0.25) is 29.4 Å². The van der Waals surface area contributed by atoms with Crippen LogP contribution in [0.4, 0.5) is 0 Å². The lowest BCUT2D eigenvalue weighted by molar-refractivity contribution is -0.136. The minimum absolute atomic E-state index is 0.120. The zero-order valence-electron chi connectivity index (χ0n) is 17.5. The highest BCUT2D eigenvalue weighted by Crippen LogP contribution is 2.41. The van der Waals surface area contributed by atoms with Crippen molar-refractivity contribution in [2.45, 2.75) is 51.1 Å². The number of amides is 4. The molecule has 3 N–H and O–H groups in total. The summed E-state index contributed by atoms with van der Waals surface area (Å²) >= 11 is 0. The average molecular weight is 425 g/mol. The van der Waals surface area contributed by atoms with Crippen LogP contribution in [0.25, 0.3) is 0 Å². The Morgan fingerprint density at radius 1 is 1.13 bits per heavy atom. The topological polar surface area (TPSA) is 108 Å². The summed E-state index contributed by atoms with van der Waals surface area (Å²) in [6.45, 7) is 3.50. The predicted molar refractivity (Wildman–Crippen MR) is 112 cm³/mol. The fraction of sp³-hybridized carbons (Fsp3) is 0.565. The molecule has 8 nitrogen and oxygen atoms in total. The molecule has 4 aliphatic rings. The van der Waals surface area contributed by atoms with Crippen LogP contribution in [0.3, 0.4) is 0 Å². The number of hydrogen-bond donors (Lipinski definition) is 3. The van der Waals surface area contributed by atoms with Gasteiger partial charge in [0.2, 0.25) is 11.8 Å². The van der Waals surface area contributed by atoms with Gasteiger partial charge in [0.1, 0.15) is 6.04 Å². The number of rotatable bonds is 5. The summed E-state index contributed by atoms with van der Waals surface area (Å²) in [5.41, 5.74) is 1.76. The Bertz CT molecular complexity index is 949. The number of benzene rings is 1. The Labute approximate surface area is 181 Å². The van der Waals surface area contributed by atoms with E-state index in [1.807, 2.05) is 6.07 Å². The van der Waals surface area contributed by atoms with E-state index < -0.39 is 23.8 Å². The van der Waals surface area contributed by atoms with Crippen LogP contribution in [-0.4, -0.2) is 54.2 Å². The van der Waals surface area contributed by atoms with Crippen molar-refractivity contribution in [2.75, 3.05) is 19.6 Å². The molecule has 2 saturated heterocycles. The number of imide groups is 2. The van der Waals surface area contributed by atoms with Crippen LogP contribution in [-0.2, 0) is 16.1 Å². The van der Waals surface area contributed by atoms with Crippen molar-refractivity contribution in [3.63, 3.8) is 0 Å². The molecule has 1 saturated carbocycles. The molecule has 3 aliphatic heterocycles. The molecule has 1 aromatic carbocycles. The van der Waals surface area contributed by atoms with Crippen molar-refractivity contribution in [1.82, 2.24) is 20.9 Å². The molecular formula is C23H28N4O4. The van der Waals surface area contributed by atoms with E-state index in [2.05, 4.69) is 16.0 Å². The molecule has 1 aliphatic carbocycles. The molecule has 3 unspecified atom stereocenters. The normalized spacial score (nSPS) is 30.4. The third-order valence-corrected chi connectivity index (χ3v) is 7.34. The van der Waals surface area contributed by atoms with E-state index in [9.17, 15) is 19.2 Å². The lowest BCUT2D eigenvalue weighted by Gasteiger charge is -2.46. The van der Waals surface area contributed by atoms with Gasteiger partial charge in [-0.05, 0) is 55.2 Å². The highest BCUT2D eigenvalue weighted by Gasteiger charge is 2.45. The number of fused-ring (bicyclic) bond motifs is 3. The standard InChI is InChI=1S/C23H28N4O4/c28-18-7-6-17(20(29)26-18)27-21(30)16-5-1-4-15(19(16)22(27)31)11-25-13-23-8-2-3-14(9-23)10-24-12-23/h1,4-5,14,17,24-25H,2-3,6-13H2,(H,26,28,29). The van der Waals surface area contributed by atoms with Gasteiger partial charge in [0.25, 0.3) is 11.8 Å². The molecule has 4 amide bonds. The highest BCUT2D eigenvalue weighted by atomic mass is 16.2. The minimum Gasteiger partial charge on any atom is -0.316 e. The third-order valence-electron chi connectivity index (χ3n) is 7.34. The second kappa shape index (κ2) is 7.84. The Morgan fingerprint density at radius 2 is 2.00 bits per heavy atom. The second-order valence-corrected chi connectivity index (χ2v) is 9.48. The van der Waals surface area contributed by atoms with Crippen LogP contribution in [0.2, 0.25) is 0 Å². The summed E-state index contributed by atoms with van der Waals surface area (Å²) in [5, 5.41) is 9.36. The zero-order chi connectivity index (χ0) is 21.6. The van der Waals surface area contributed by atoms with Crippen LogP contribution >= 0.6 is 0 Å². The van der Waals surface area contributed by atoms with Crippen LogP contribution in [0, 0.1) is 11.3 Å². The molecule has 1 aromatic rings. The van der Waals surface area contributed by atoms with E-state index in [-0.39, 0.29) is 24.2 Å². The number of nitrogens with zero attached hydrogens (tertiary/aromatic N) is 1. The lowest BCUT2D eigenvalue weighted by Crippen LogP contribution is -2.54. The first kappa shape index (κ1) is 20.3. The van der Waals surface area contributed by atoms with Crippen molar-refractivity contribution in [3.05, 3.63) is 34.9 Å². The van der Waals surface area contributed by atoms with Crippen molar-refractivity contribution < 1.29 is 19.2 Å². The number of carbonyl (C=O) groups is 4. The van der Waals surface area contributed by atoms with Gasteiger partial charge in [-0.25, -0.2) is 0 Å². The van der Waals surface area contributed by atoms with E-state index in [0.717, 1.165) is 36.0 Å². The lowest BCUT2D eigenvalue weighted by atomic mass is 9.67. The van der Waals surface area contributed by atoms with Crippen LogP contribution in [0.1, 0.15) is 64.8 Å². The number of nitrogens with one attached hydrogen (secondary N) is 3. The molecule has 0 spiro atoms. The highest BCUT2D eigenvalue weighted by molar-refractivity contribution is 6.24. The fourth-order valence-corrected chi connectivity index (χ4v) is 5.88. The van der Waals surface area contributed by atoms with Gasteiger partial charge in [0, 0.05) is 26.1 Å². The smallest absolute Gasteiger partial charge is 0.262 e. The molecule has 3 atom stereocenters. The SMILES string of the molecule is O=C1CCC(N2C(=O)c3cccc(CNCC45CCCC(CNC4)C5)c3C2=O)C(=O)N1. The van der Waals surface area contributed by atoms with Gasteiger partial charge in [-0.1, -0.05) is 18.6 Å². The summed E-state index contributed by atoms with van der Waals surface area (Å²) in [7, 11) is 0. The first-order chi connectivity index (χ1) is 15.0. The van der Waals surface area contributed by atoms with Crippen LogP contribution in [0.15, 0.2) is 18.2 Å². The summed E-state index contributed by atoms with van der Waals surface area (Å²) < 4.78 is 0. The first-order valence-electron chi connectivity index (χ1n) is 11.2. The maximum atomic E-state index is 13.2. The third kappa shape index (κ3) is 3.57. The summed E-state index contributed by atoms with van der Waals surface area (Å²) in [6.07, 6.45) is 5.30. The average Bonchev–Trinajstić information content (AvgIpc) is 2.99. The molecule has 3 fully saturated rings. The summed E-state index contributed by atoms with van der Waals surface area (Å²) in [5.74, 6) is -1.10. The molecular weight excluding hydrogens is 396 g/mol. The van der Waals surface area contributed by atoms with Crippen molar-refractivity contribution in [1.29, 1.82) is 0 Å². The van der Waals surface area contributed by atoms with Gasteiger partial charge < -0.3 is 10.6 Å². The first-order valence-corrected chi connectivity index (χ1v) is 11.2. The predicted octanol–water partition coefficient (Wildman–Crippen LogP) is 0.957. The number of carbonyl (C=O) groups excluding carboxylic acids is 4. The van der Waals surface area contributed by atoms with Gasteiger partial charge in [0.05, 0.1) is 11.1 Å². The molecule has 2 bridgehead atoms. The molecule has 5 rings (SSSR count). The summed E-state index contributed by atoms with van der Waals surface area (Å²) in [6, 6.07) is 4.36. The molecule has 3 heterocycles. The van der Waals surface area contributed by atoms with E-state index in [1.165, 1.54) is 25.7 Å². The maximum absolute atomic E-state index is 13.2. The molecule has 0 aromatic heterocycles. The van der Waals surface area contributed by atoms with Crippen molar-refractivity contribution in [2.24, 2.45) is 11.3 Å². The van der Waals surface area contributed by atoms with E-state index in [1.54, 1.807) is 12.1 Å². The molecule has 31 heavy (non-hydrogen) atoms. The monoisotopic (exact) mass is 424 g/mol. The fourth-order valence-electron chi connectivity index (χ4n) is 5.88. The van der Waals surface area contributed by atoms with Crippen LogP contribution < -0.4 is 16.0 Å². The minimum atomic E-state index is -0.933. The van der Waals surface area contributed by atoms with Gasteiger partial charge in [-0.2, -0.15) is 0 Å².